The summed E-state index contributed by atoms with van der Waals surface area (Å²) in [4.78, 5) is 1.71. The normalized spacial score (nSPS) is 13.3. The summed E-state index contributed by atoms with van der Waals surface area (Å²) >= 11 is 1.43. The largest absolute Gasteiger partial charge is 0.486 e. The summed E-state index contributed by atoms with van der Waals surface area (Å²) in [5.41, 5.74) is 6.04. The summed E-state index contributed by atoms with van der Waals surface area (Å²) in [6, 6.07) is 10.2. The Morgan fingerprint density at radius 2 is 1.74 bits per heavy atom. The van der Waals surface area contributed by atoms with Gasteiger partial charge in [-0.3, -0.25) is 0 Å². The van der Waals surface area contributed by atoms with Crippen molar-refractivity contribution in [3.63, 3.8) is 0 Å². The highest BCUT2D eigenvalue weighted by Gasteiger charge is 2.12. The number of fused-ring (bicyclic) bond motifs is 1. The van der Waals surface area contributed by atoms with Gasteiger partial charge in [0, 0.05) is 15.5 Å². The highest BCUT2D eigenvalue weighted by atomic mass is 32.2. The van der Waals surface area contributed by atoms with Gasteiger partial charge in [-0.15, -0.1) is 0 Å². The van der Waals surface area contributed by atoms with Crippen molar-refractivity contribution < 1.29 is 13.9 Å². The van der Waals surface area contributed by atoms with Crippen LogP contribution in [0.15, 0.2) is 46.2 Å². The fraction of sp³-hybridized carbons (Fsp3) is 0.143. The molecule has 0 radical (unpaired) electrons. The van der Waals surface area contributed by atoms with E-state index >= 15 is 0 Å². The van der Waals surface area contributed by atoms with Gasteiger partial charge in [-0.25, -0.2) is 4.39 Å². The number of benzene rings is 2. The number of anilines is 1. The first-order valence-electron chi connectivity index (χ1n) is 5.84. The van der Waals surface area contributed by atoms with Crippen LogP contribution in [0.2, 0.25) is 0 Å². The van der Waals surface area contributed by atoms with E-state index < -0.39 is 0 Å². The van der Waals surface area contributed by atoms with Crippen LogP contribution < -0.4 is 15.2 Å². The Morgan fingerprint density at radius 1 is 0.947 bits per heavy atom. The Kier molecular flexibility index (Phi) is 3.21. The van der Waals surface area contributed by atoms with Crippen LogP contribution in [0.1, 0.15) is 0 Å². The number of ether oxygens (including phenoxy) is 2. The summed E-state index contributed by atoms with van der Waals surface area (Å²) in [7, 11) is 0. The number of hydrogen-bond acceptors (Lipinski definition) is 4. The zero-order valence-electron chi connectivity index (χ0n) is 10.1. The molecule has 3 nitrogen and oxygen atoms in total. The average Bonchev–Trinajstić information content (AvgIpc) is 2.37. The van der Waals surface area contributed by atoms with Gasteiger partial charge in [-0.2, -0.15) is 0 Å². The second-order valence-corrected chi connectivity index (χ2v) is 5.27. The molecule has 5 heteroatoms. The first-order valence-corrected chi connectivity index (χ1v) is 6.66. The Bertz CT molecular complexity index is 598. The molecule has 1 heterocycles. The molecule has 0 aromatic heterocycles. The van der Waals surface area contributed by atoms with E-state index in [9.17, 15) is 4.39 Å². The molecule has 0 amide bonds. The Balaban J connectivity index is 1.86. The van der Waals surface area contributed by atoms with Crippen molar-refractivity contribution >= 4 is 17.4 Å². The van der Waals surface area contributed by atoms with Crippen LogP contribution >= 0.6 is 11.8 Å². The fourth-order valence-corrected chi connectivity index (χ4v) is 2.81. The molecule has 0 atom stereocenters. The van der Waals surface area contributed by atoms with E-state index in [1.807, 2.05) is 18.2 Å². The van der Waals surface area contributed by atoms with E-state index in [-0.39, 0.29) is 5.82 Å². The number of hydrogen-bond donors (Lipinski definition) is 1. The Hall–Kier alpha value is -1.88. The summed E-state index contributed by atoms with van der Waals surface area (Å²) in [6.07, 6.45) is 0. The van der Waals surface area contributed by atoms with Crippen LogP contribution in [0.4, 0.5) is 10.1 Å². The third-order valence-corrected chi connectivity index (χ3v) is 3.60. The lowest BCUT2D eigenvalue weighted by Gasteiger charge is -2.18. The standard InChI is InChI=1S/C14H12FNO2S/c15-9-5-10(16)7-12(6-9)19-11-1-2-13-14(8-11)18-4-3-17-13/h1-2,5-8H,3-4,16H2. The zero-order valence-corrected chi connectivity index (χ0v) is 10.9. The third kappa shape index (κ3) is 2.76. The molecule has 2 aromatic carbocycles. The molecule has 19 heavy (non-hydrogen) atoms. The van der Waals surface area contributed by atoms with Gasteiger partial charge in [0.25, 0.3) is 0 Å². The molecule has 0 spiro atoms. The Morgan fingerprint density at radius 3 is 2.53 bits per heavy atom. The first-order chi connectivity index (χ1) is 9.20. The summed E-state index contributed by atoms with van der Waals surface area (Å²) < 4.78 is 24.2. The van der Waals surface area contributed by atoms with Crippen molar-refractivity contribution in [2.24, 2.45) is 0 Å². The molecule has 0 fully saturated rings. The molecule has 1 aliphatic rings. The summed E-state index contributed by atoms with van der Waals surface area (Å²) in [5.74, 6) is 1.13. The molecule has 0 unspecified atom stereocenters. The summed E-state index contributed by atoms with van der Waals surface area (Å²) in [5, 5.41) is 0. The van der Waals surface area contributed by atoms with Crippen molar-refractivity contribution in [1.29, 1.82) is 0 Å². The van der Waals surface area contributed by atoms with Crippen LogP contribution in [-0.4, -0.2) is 13.2 Å². The molecule has 98 valence electrons. The van der Waals surface area contributed by atoms with Crippen LogP contribution in [-0.2, 0) is 0 Å². The minimum atomic E-state index is -0.333. The molecule has 2 N–H and O–H groups in total. The van der Waals surface area contributed by atoms with Gasteiger partial charge < -0.3 is 15.2 Å². The predicted octanol–water partition coefficient (Wildman–Crippen LogP) is 3.33. The van der Waals surface area contributed by atoms with E-state index in [0.29, 0.717) is 18.9 Å². The number of rotatable bonds is 2. The van der Waals surface area contributed by atoms with Gasteiger partial charge in [0.1, 0.15) is 19.0 Å². The minimum absolute atomic E-state index is 0.333. The SMILES string of the molecule is Nc1cc(F)cc(Sc2ccc3c(c2)OCCO3)c1. The molecule has 2 aromatic rings. The van der Waals surface area contributed by atoms with Gasteiger partial charge in [0.05, 0.1) is 0 Å². The van der Waals surface area contributed by atoms with Gasteiger partial charge in [0.15, 0.2) is 11.5 Å². The van der Waals surface area contributed by atoms with E-state index in [4.69, 9.17) is 15.2 Å². The van der Waals surface area contributed by atoms with Crippen LogP contribution in [0.5, 0.6) is 11.5 Å². The highest BCUT2D eigenvalue weighted by molar-refractivity contribution is 7.99. The molecule has 3 rings (SSSR count). The van der Waals surface area contributed by atoms with Crippen LogP contribution in [0, 0.1) is 5.82 Å². The molecule has 0 saturated carbocycles. The second-order valence-electron chi connectivity index (χ2n) is 4.13. The lowest BCUT2D eigenvalue weighted by molar-refractivity contribution is 0.171. The van der Waals surface area contributed by atoms with Gasteiger partial charge in [-0.05, 0) is 36.4 Å². The molecule has 0 bridgehead atoms. The van der Waals surface area contributed by atoms with E-state index in [2.05, 4.69) is 0 Å². The van der Waals surface area contributed by atoms with Crippen LogP contribution in [0.25, 0.3) is 0 Å². The molecular weight excluding hydrogens is 265 g/mol. The second kappa shape index (κ2) is 5.01. The van der Waals surface area contributed by atoms with Crippen molar-refractivity contribution in [3.05, 3.63) is 42.2 Å². The van der Waals surface area contributed by atoms with Crippen LogP contribution in [0.3, 0.4) is 0 Å². The van der Waals surface area contributed by atoms with Crippen molar-refractivity contribution in [3.8, 4) is 11.5 Å². The average molecular weight is 277 g/mol. The topological polar surface area (TPSA) is 44.5 Å². The Labute approximate surface area is 114 Å². The quantitative estimate of drug-likeness (QED) is 0.855. The van der Waals surface area contributed by atoms with Crippen molar-refractivity contribution in [2.75, 3.05) is 18.9 Å². The highest BCUT2D eigenvalue weighted by Crippen LogP contribution is 2.37. The fourth-order valence-electron chi connectivity index (χ4n) is 1.87. The number of halogens is 1. The maximum atomic E-state index is 13.3. The molecule has 0 aliphatic carbocycles. The predicted molar refractivity (Wildman–Crippen MR) is 72.4 cm³/mol. The maximum Gasteiger partial charge on any atom is 0.162 e. The lowest BCUT2D eigenvalue weighted by atomic mass is 10.3. The zero-order chi connectivity index (χ0) is 13.2. The summed E-state index contributed by atoms with van der Waals surface area (Å²) in [6.45, 7) is 1.12. The van der Waals surface area contributed by atoms with Crippen molar-refractivity contribution in [1.82, 2.24) is 0 Å². The molecule has 0 saturated heterocycles. The molecule has 1 aliphatic heterocycles. The smallest absolute Gasteiger partial charge is 0.162 e. The third-order valence-electron chi connectivity index (χ3n) is 2.64. The minimum Gasteiger partial charge on any atom is -0.486 e. The van der Waals surface area contributed by atoms with E-state index in [1.165, 1.54) is 23.9 Å². The van der Waals surface area contributed by atoms with Gasteiger partial charge >= 0.3 is 0 Å². The lowest BCUT2D eigenvalue weighted by Crippen LogP contribution is -2.15. The van der Waals surface area contributed by atoms with E-state index in [0.717, 1.165) is 21.3 Å². The maximum absolute atomic E-state index is 13.3. The van der Waals surface area contributed by atoms with Gasteiger partial charge in [-0.1, -0.05) is 11.8 Å². The molecular formula is C14H12FNO2S. The monoisotopic (exact) mass is 277 g/mol. The van der Waals surface area contributed by atoms with Gasteiger partial charge in [0.2, 0.25) is 0 Å². The number of nitrogen functional groups attached to an aromatic ring is 1. The number of nitrogens with two attached hydrogens (primary N) is 1. The van der Waals surface area contributed by atoms with E-state index in [1.54, 1.807) is 6.07 Å². The first kappa shape index (κ1) is 12.2. The van der Waals surface area contributed by atoms with Crippen molar-refractivity contribution in [2.45, 2.75) is 9.79 Å².